The van der Waals surface area contributed by atoms with E-state index >= 15 is 0 Å². The van der Waals surface area contributed by atoms with Gasteiger partial charge >= 0.3 is 0 Å². The van der Waals surface area contributed by atoms with E-state index in [1.807, 2.05) is 24.3 Å². The second kappa shape index (κ2) is 5.53. The maximum atomic E-state index is 12.2. The Hall–Kier alpha value is -0.350. The summed E-state index contributed by atoms with van der Waals surface area (Å²) in [5, 5.41) is 4.01. The molecule has 0 bridgehead atoms. The molecule has 0 atom stereocenters. The highest BCUT2D eigenvalue weighted by atomic mass is 79.9. The molecule has 92 valence electrons. The Kier molecular flexibility index (Phi) is 4.26. The third-order valence-corrected chi connectivity index (χ3v) is 4.85. The van der Waals surface area contributed by atoms with Gasteiger partial charge in [0, 0.05) is 15.4 Å². The van der Waals surface area contributed by atoms with Crippen molar-refractivity contribution in [1.82, 2.24) is 5.32 Å². The smallest absolute Gasteiger partial charge is 0.251 e. The van der Waals surface area contributed by atoms with Crippen LogP contribution in [0.4, 0.5) is 0 Å². The summed E-state index contributed by atoms with van der Waals surface area (Å²) >= 11 is 6.91. The first kappa shape index (κ1) is 13.1. The molecule has 1 N–H and O–H groups in total. The minimum absolute atomic E-state index is 0.0210. The van der Waals surface area contributed by atoms with Gasteiger partial charge in [-0.25, -0.2) is 0 Å². The molecule has 1 saturated carbocycles. The first-order valence-corrected chi connectivity index (χ1v) is 7.71. The van der Waals surface area contributed by atoms with Crippen LogP contribution in [0.5, 0.6) is 0 Å². The number of benzene rings is 1. The standard InChI is InChI=1S/C13H15Br2NO/c14-9-13(6-1-2-7-13)16-12(17)10-4-3-5-11(15)8-10/h3-5,8H,1-2,6-7,9H2,(H,16,17). The molecule has 1 fully saturated rings. The van der Waals surface area contributed by atoms with Crippen molar-refractivity contribution < 1.29 is 4.79 Å². The molecule has 2 nitrogen and oxygen atoms in total. The molecular formula is C13H15Br2NO. The highest BCUT2D eigenvalue weighted by molar-refractivity contribution is 9.10. The lowest BCUT2D eigenvalue weighted by molar-refractivity contribution is 0.0910. The summed E-state index contributed by atoms with van der Waals surface area (Å²) in [6.07, 6.45) is 4.53. The van der Waals surface area contributed by atoms with E-state index in [2.05, 4.69) is 37.2 Å². The lowest BCUT2D eigenvalue weighted by atomic mass is 10.00. The average molecular weight is 361 g/mol. The second-order valence-corrected chi connectivity index (χ2v) is 6.06. The van der Waals surface area contributed by atoms with Crippen LogP contribution in [0.15, 0.2) is 28.7 Å². The summed E-state index contributed by atoms with van der Waals surface area (Å²) in [4.78, 5) is 12.2. The monoisotopic (exact) mass is 359 g/mol. The van der Waals surface area contributed by atoms with Crippen molar-refractivity contribution in [3.05, 3.63) is 34.3 Å². The van der Waals surface area contributed by atoms with E-state index in [4.69, 9.17) is 0 Å². The molecule has 0 radical (unpaired) electrons. The molecule has 2 rings (SSSR count). The van der Waals surface area contributed by atoms with Crippen LogP contribution in [0, 0.1) is 0 Å². The van der Waals surface area contributed by atoms with E-state index < -0.39 is 0 Å². The predicted molar refractivity (Wildman–Crippen MR) is 76.6 cm³/mol. The topological polar surface area (TPSA) is 29.1 Å². The summed E-state index contributed by atoms with van der Waals surface area (Å²) < 4.78 is 0.935. The lowest BCUT2D eigenvalue weighted by Gasteiger charge is -2.28. The van der Waals surface area contributed by atoms with Crippen molar-refractivity contribution in [2.45, 2.75) is 31.2 Å². The van der Waals surface area contributed by atoms with Crippen LogP contribution in [0.2, 0.25) is 0 Å². The molecule has 17 heavy (non-hydrogen) atoms. The van der Waals surface area contributed by atoms with Gasteiger partial charge in [-0.1, -0.05) is 50.8 Å². The van der Waals surface area contributed by atoms with E-state index in [0.717, 1.165) is 22.6 Å². The average Bonchev–Trinajstić information content (AvgIpc) is 2.78. The molecule has 1 aliphatic rings. The number of hydrogen-bond donors (Lipinski definition) is 1. The van der Waals surface area contributed by atoms with Crippen LogP contribution in [0.3, 0.4) is 0 Å². The summed E-state index contributed by atoms with van der Waals surface area (Å²) in [5.41, 5.74) is 0.672. The minimum Gasteiger partial charge on any atom is -0.346 e. The zero-order chi connectivity index (χ0) is 12.3. The van der Waals surface area contributed by atoms with Crippen LogP contribution in [-0.2, 0) is 0 Å². The van der Waals surface area contributed by atoms with Gasteiger partial charge in [-0.2, -0.15) is 0 Å². The number of amides is 1. The van der Waals surface area contributed by atoms with Gasteiger partial charge < -0.3 is 5.32 Å². The molecule has 0 aromatic heterocycles. The fourth-order valence-corrected chi connectivity index (χ4v) is 3.39. The van der Waals surface area contributed by atoms with Crippen molar-refractivity contribution in [3.63, 3.8) is 0 Å². The first-order valence-electron chi connectivity index (χ1n) is 5.79. The van der Waals surface area contributed by atoms with Crippen molar-refractivity contribution in [3.8, 4) is 0 Å². The summed E-state index contributed by atoms with van der Waals surface area (Å²) in [6.45, 7) is 0. The highest BCUT2D eigenvalue weighted by Gasteiger charge is 2.34. The predicted octanol–water partition coefficient (Wildman–Crippen LogP) is 3.89. The van der Waals surface area contributed by atoms with Crippen molar-refractivity contribution in [1.29, 1.82) is 0 Å². The molecule has 0 saturated heterocycles. The van der Waals surface area contributed by atoms with Gasteiger partial charge in [-0.05, 0) is 31.0 Å². The van der Waals surface area contributed by atoms with Gasteiger partial charge in [-0.15, -0.1) is 0 Å². The Bertz CT molecular complexity index is 414. The first-order chi connectivity index (χ1) is 8.15. The number of carbonyl (C=O) groups excluding carboxylic acids is 1. The second-order valence-electron chi connectivity index (χ2n) is 4.59. The fourth-order valence-electron chi connectivity index (χ4n) is 2.29. The molecule has 1 aliphatic carbocycles. The van der Waals surface area contributed by atoms with Gasteiger partial charge in [0.2, 0.25) is 0 Å². The van der Waals surface area contributed by atoms with Gasteiger partial charge in [0.05, 0.1) is 5.54 Å². The van der Waals surface area contributed by atoms with E-state index in [0.29, 0.717) is 5.56 Å². The van der Waals surface area contributed by atoms with Crippen LogP contribution in [0.25, 0.3) is 0 Å². The minimum atomic E-state index is -0.0423. The largest absolute Gasteiger partial charge is 0.346 e. The summed E-state index contributed by atoms with van der Waals surface area (Å²) in [7, 11) is 0. The Labute approximate surface area is 118 Å². The molecule has 1 amide bonds. The Morgan fingerprint density at radius 3 is 2.65 bits per heavy atom. The number of rotatable bonds is 3. The van der Waals surface area contributed by atoms with Crippen LogP contribution in [0.1, 0.15) is 36.0 Å². The maximum absolute atomic E-state index is 12.2. The maximum Gasteiger partial charge on any atom is 0.251 e. The normalized spacial score (nSPS) is 18.0. The number of hydrogen-bond acceptors (Lipinski definition) is 1. The van der Waals surface area contributed by atoms with Crippen molar-refractivity contribution in [2.75, 3.05) is 5.33 Å². The molecule has 1 aromatic carbocycles. The van der Waals surface area contributed by atoms with E-state index in [9.17, 15) is 4.79 Å². The van der Waals surface area contributed by atoms with E-state index in [-0.39, 0.29) is 11.4 Å². The molecule has 0 heterocycles. The fraction of sp³-hybridized carbons (Fsp3) is 0.462. The number of nitrogens with one attached hydrogen (secondary N) is 1. The Morgan fingerprint density at radius 1 is 1.35 bits per heavy atom. The molecule has 0 aliphatic heterocycles. The van der Waals surface area contributed by atoms with Crippen molar-refractivity contribution in [2.24, 2.45) is 0 Å². The van der Waals surface area contributed by atoms with Crippen LogP contribution >= 0.6 is 31.9 Å². The molecule has 0 unspecified atom stereocenters. The highest BCUT2D eigenvalue weighted by Crippen LogP contribution is 2.31. The Morgan fingerprint density at radius 2 is 2.06 bits per heavy atom. The summed E-state index contributed by atoms with van der Waals surface area (Å²) in [6, 6.07) is 7.50. The molecule has 4 heteroatoms. The molecule has 1 aromatic rings. The number of halogens is 2. The number of carbonyl (C=O) groups is 1. The van der Waals surface area contributed by atoms with Crippen molar-refractivity contribution >= 4 is 37.8 Å². The van der Waals surface area contributed by atoms with E-state index in [1.54, 1.807) is 0 Å². The zero-order valence-corrected chi connectivity index (χ0v) is 12.7. The van der Waals surface area contributed by atoms with Crippen LogP contribution in [-0.4, -0.2) is 16.8 Å². The van der Waals surface area contributed by atoms with E-state index in [1.165, 1.54) is 12.8 Å². The lowest BCUT2D eigenvalue weighted by Crippen LogP contribution is -2.47. The molecular weight excluding hydrogens is 346 g/mol. The third-order valence-electron chi connectivity index (χ3n) is 3.28. The van der Waals surface area contributed by atoms with Gasteiger partial charge in [-0.3, -0.25) is 4.79 Å². The molecule has 0 spiro atoms. The Balaban J connectivity index is 2.11. The zero-order valence-electron chi connectivity index (χ0n) is 9.51. The van der Waals surface area contributed by atoms with Gasteiger partial charge in [0.1, 0.15) is 0 Å². The quantitative estimate of drug-likeness (QED) is 0.814. The summed E-state index contributed by atoms with van der Waals surface area (Å²) in [5.74, 6) is 0.0210. The number of alkyl halides is 1. The SMILES string of the molecule is O=C(NC1(CBr)CCCC1)c1cccc(Br)c1. The third kappa shape index (κ3) is 3.10. The van der Waals surface area contributed by atoms with Crippen LogP contribution < -0.4 is 5.32 Å². The van der Waals surface area contributed by atoms with Gasteiger partial charge in [0.25, 0.3) is 5.91 Å². The van der Waals surface area contributed by atoms with Gasteiger partial charge in [0.15, 0.2) is 0 Å².